The fraction of sp³-hybridized carbons (Fsp3) is 0.889. The van der Waals surface area contributed by atoms with Gasteiger partial charge in [0.1, 0.15) is 0 Å². The summed E-state index contributed by atoms with van der Waals surface area (Å²) in [6.07, 6.45) is 2.28. The smallest absolute Gasteiger partial charge is 0.306 e. The minimum atomic E-state index is -0.925. The Hall–Kier alpha value is -0.610. The van der Waals surface area contributed by atoms with Gasteiger partial charge < -0.3 is 15.1 Å². The van der Waals surface area contributed by atoms with E-state index in [1.54, 1.807) is 0 Å². The molecule has 4 nitrogen and oxygen atoms in total. The number of hydrogen-bond donors (Lipinski definition) is 2. The molecule has 0 aromatic rings. The first-order valence-corrected chi connectivity index (χ1v) is 4.71. The van der Waals surface area contributed by atoms with Crippen LogP contribution in [0.5, 0.6) is 0 Å². The molecule has 2 atom stereocenters. The van der Waals surface area contributed by atoms with E-state index in [9.17, 15) is 9.90 Å². The number of carboxylic acid groups (broad SMARTS) is 1. The Bertz CT molecular complexity index is 184. The molecule has 0 aromatic heterocycles. The molecule has 0 aromatic carbocycles. The number of aliphatic hydroxyl groups is 1. The van der Waals surface area contributed by atoms with Crippen molar-refractivity contribution in [1.82, 2.24) is 4.90 Å². The van der Waals surface area contributed by atoms with Crippen LogP contribution in [-0.2, 0) is 4.79 Å². The van der Waals surface area contributed by atoms with Crippen LogP contribution < -0.4 is 0 Å². The highest BCUT2D eigenvalue weighted by Gasteiger charge is 2.27. The summed E-state index contributed by atoms with van der Waals surface area (Å²) in [6, 6.07) is 0.0323. The molecular weight excluding hydrogens is 170 g/mol. The molecule has 0 bridgehead atoms. The van der Waals surface area contributed by atoms with Gasteiger partial charge in [0.05, 0.1) is 12.5 Å². The summed E-state index contributed by atoms with van der Waals surface area (Å²) in [7, 11) is 1.94. The maximum Gasteiger partial charge on any atom is 0.306 e. The van der Waals surface area contributed by atoms with Crippen molar-refractivity contribution >= 4 is 5.97 Å². The fourth-order valence-corrected chi connectivity index (χ4v) is 1.90. The van der Waals surface area contributed by atoms with Gasteiger partial charge in [0.15, 0.2) is 0 Å². The summed E-state index contributed by atoms with van der Waals surface area (Å²) < 4.78 is 0. The first-order valence-electron chi connectivity index (χ1n) is 4.71. The number of aliphatic carboxylic acids is 1. The second kappa shape index (κ2) is 4.58. The molecule has 4 heteroatoms. The third-order valence-electron chi connectivity index (χ3n) is 2.65. The lowest BCUT2D eigenvalue weighted by atomic mass is 9.96. The van der Waals surface area contributed by atoms with E-state index in [0.29, 0.717) is 0 Å². The molecular formula is C9H17NO3. The van der Waals surface area contributed by atoms with E-state index in [0.717, 1.165) is 25.8 Å². The summed E-state index contributed by atoms with van der Waals surface area (Å²) >= 11 is 0. The Morgan fingerprint density at radius 1 is 1.62 bits per heavy atom. The third-order valence-corrected chi connectivity index (χ3v) is 2.65. The first-order chi connectivity index (χ1) is 6.11. The summed E-state index contributed by atoms with van der Waals surface area (Å²) in [6.45, 7) is 0.960. The van der Waals surface area contributed by atoms with Gasteiger partial charge in [0.2, 0.25) is 0 Å². The van der Waals surface area contributed by atoms with Crippen molar-refractivity contribution in [1.29, 1.82) is 0 Å². The molecule has 0 radical (unpaired) electrons. The van der Waals surface area contributed by atoms with Crippen LogP contribution in [0.25, 0.3) is 0 Å². The molecule has 76 valence electrons. The van der Waals surface area contributed by atoms with E-state index in [4.69, 9.17) is 5.11 Å². The summed E-state index contributed by atoms with van der Waals surface area (Å²) in [5.41, 5.74) is 0. The van der Waals surface area contributed by atoms with Crippen molar-refractivity contribution in [3.63, 3.8) is 0 Å². The minimum Gasteiger partial charge on any atom is -0.481 e. The van der Waals surface area contributed by atoms with Gasteiger partial charge in [-0.2, -0.15) is 0 Å². The predicted octanol–water partition coefficient (Wildman–Crippen LogP) is 0.306. The van der Waals surface area contributed by atoms with Crippen LogP contribution >= 0.6 is 0 Å². The molecule has 1 unspecified atom stereocenters. The number of rotatable bonds is 3. The SMILES string of the molecule is CN1CCCCC1[C@H](O)CC(=O)O. The van der Waals surface area contributed by atoms with Crippen LogP contribution in [-0.4, -0.2) is 46.8 Å². The zero-order chi connectivity index (χ0) is 9.84. The lowest BCUT2D eigenvalue weighted by molar-refractivity contribution is -0.140. The van der Waals surface area contributed by atoms with Crippen molar-refractivity contribution in [2.75, 3.05) is 13.6 Å². The molecule has 1 heterocycles. The number of hydrogen-bond acceptors (Lipinski definition) is 3. The van der Waals surface area contributed by atoms with Crippen molar-refractivity contribution in [3.8, 4) is 0 Å². The Kier molecular flexibility index (Phi) is 3.69. The standard InChI is InChI=1S/C9H17NO3/c1-10-5-3-2-4-7(10)8(11)6-9(12)13/h7-8,11H,2-6H2,1H3,(H,12,13)/t7?,8-/m1/s1. The van der Waals surface area contributed by atoms with E-state index in [-0.39, 0.29) is 12.5 Å². The molecule has 0 aliphatic carbocycles. The molecule has 1 aliphatic heterocycles. The number of likely N-dealkylation sites (N-methyl/N-ethyl adjacent to an activating group) is 1. The van der Waals surface area contributed by atoms with Crippen LogP contribution in [0.2, 0.25) is 0 Å². The van der Waals surface area contributed by atoms with E-state index >= 15 is 0 Å². The summed E-state index contributed by atoms with van der Waals surface area (Å²) in [5.74, 6) is -0.925. The Labute approximate surface area is 78.2 Å². The van der Waals surface area contributed by atoms with E-state index < -0.39 is 12.1 Å². The Morgan fingerprint density at radius 3 is 2.85 bits per heavy atom. The first kappa shape index (κ1) is 10.5. The molecule has 1 rings (SSSR count). The topological polar surface area (TPSA) is 60.8 Å². The monoisotopic (exact) mass is 187 g/mol. The number of nitrogens with zero attached hydrogens (tertiary/aromatic N) is 1. The Balaban J connectivity index is 2.43. The highest BCUT2D eigenvalue weighted by atomic mass is 16.4. The number of aliphatic hydroxyl groups excluding tert-OH is 1. The van der Waals surface area contributed by atoms with Crippen LogP contribution in [0, 0.1) is 0 Å². The van der Waals surface area contributed by atoms with Crippen molar-refractivity contribution in [2.45, 2.75) is 37.8 Å². The largest absolute Gasteiger partial charge is 0.481 e. The van der Waals surface area contributed by atoms with Gasteiger partial charge in [-0.15, -0.1) is 0 Å². The van der Waals surface area contributed by atoms with Gasteiger partial charge in [-0.1, -0.05) is 6.42 Å². The molecule has 2 N–H and O–H groups in total. The number of carbonyl (C=O) groups is 1. The average Bonchev–Trinajstić information content (AvgIpc) is 2.03. The van der Waals surface area contributed by atoms with E-state index in [1.165, 1.54) is 0 Å². The molecule has 1 fully saturated rings. The zero-order valence-electron chi connectivity index (χ0n) is 7.94. The van der Waals surface area contributed by atoms with Crippen molar-refractivity contribution < 1.29 is 15.0 Å². The lowest BCUT2D eigenvalue weighted by Crippen LogP contribution is -2.45. The van der Waals surface area contributed by atoms with Gasteiger partial charge in [0, 0.05) is 6.04 Å². The van der Waals surface area contributed by atoms with Crippen LogP contribution in [0.1, 0.15) is 25.7 Å². The van der Waals surface area contributed by atoms with Crippen LogP contribution in [0.4, 0.5) is 0 Å². The zero-order valence-corrected chi connectivity index (χ0v) is 7.94. The predicted molar refractivity (Wildman–Crippen MR) is 48.5 cm³/mol. The fourth-order valence-electron chi connectivity index (χ4n) is 1.90. The average molecular weight is 187 g/mol. The minimum absolute atomic E-state index is 0.0323. The van der Waals surface area contributed by atoms with Crippen molar-refractivity contribution in [3.05, 3.63) is 0 Å². The van der Waals surface area contributed by atoms with E-state index in [2.05, 4.69) is 4.90 Å². The number of piperidine rings is 1. The summed E-state index contributed by atoms with van der Waals surface area (Å²) in [5, 5.41) is 18.1. The maximum absolute atomic E-state index is 10.4. The third kappa shape index (κ3) is 2.97. The van der Waals surface area contributed by atoms with Gasteiger partial charge in [-0.05, 0) is 26.4 Å². The van der Waals surface area contributed by atoms with Crippen LogP contribution in [0.3, 0.4) is 0 Å². The molecule has 0 spiro atoms. The quantitative estimate of drug-likeness (QED) is 0.667. The van der Waals surface area contributed by atoms with Gasteiger partial charge in [0.25, 0.3) is 0 Å². The summed E-state index contributed by atoms with van der Waals surface area (Å²) in [4.78, 5) is 12.4. The molecule has 1 aliphatic rings. The molecule has 13 heavy (non-hydrogen) atoms. The second-order valence-electron chi connectivity index (χ2n) is 3.71. The van der Waals surface area contributed by atoms with Gasteiger partial charge >= 0.3 is 5.97 Å². The van der Waals surface area contributed by atoms with Crippen LogP contribution in [0.15, 0.2) is 0 Å². The highest BCUT2D eigenvalue weighted by Crippen LogP contribution is 2.19. The second-order valence-corrected chi connectivity index (χ2v) is 3.71. The normalized spacial score (nSPS) is 27.1. The lowest BCUT2D eigenvalue weighted by Gasteiger charge is -2.35. The van der Waals surface area contributed by atoms with Gasteiger partial charge in [-0.25, -0.2) is 0 Å². The van der Waals surface area contributed by atoms with Crippen molar-refractivity contribution in [2.24, 2.45) is 0 Å². The highest BCUT2D eigenvalue weighted by molar-refractivity contribution is 5.67. The molecule has 0 saturated carbocycles. The van der Waals surface area contributed by atoms with Gasteiger partial charge in [-0.3, -0.25) is 4.79 Å². The number of carboxylic acids is 1. The van der Waals surface area contributed by atoms with E-state index in [1.807, 2.05) is 7.05 Å². The maximum atomic E-state index is 10.4. The Morgan fingerprint density at radius 2 is 2.31 bits per heavy atom. The molecule has 0 amide bonds. The molecule has 1 saturated heterocycles. The number of likely N-dealkylation sites (tertiary alicyclic amines) is 1.